The number of esters is 3. The smallest absolute Gasteiger partial charge is 0.348 e. The van der Waals surface area contributed by atoms with Crippen molar-refractivity contribution < 1.29 is 33.4 Å². The summed E-state index contributed by atoms with van der Waals surface area (Å²) in [4.78, 5) is 51.5. The van der Waals surface area contributed by atoms with Crippen molar-refractivity contribution in [1.82, 2.24) is 4.90 Å². The lowest BCUT2D eigenvalue weighted by atomic mass is 9.96. The van der Waals surface area contributed by atoms with Gasteiger partial charge >= 0.3 is 17.9 Å². The van der Waals surface area contributed by atoms with Gasteiger partial charge in [0.05, 0.1) is 20.1 Å². The molecule has 1 aromatic carbocycles. The molecular formula is C23H26N2O7S. The first-order valence-electron chi connectivity index (χ1n) is 10.4. The summed E-state index contributed by atoms with van der Waals surface area (Å²) in [5.41, 5.74) is 7.61. The van der Waals surface area contributed by atoms with Crippen LogP contribution in [0.3, 0.4) is 0 Å². The number of piperidine rings is 1. The van der Waals surface area contributed by atoms with Crippen molar-refractivity contribution in [2.24, 2.45) is 5.92 Å². The predicted molar refractivity (Wildman–Crippen MR) is 121 cm³/mol. The predicted octanol–water partition coefficient (Wildman–Crippen LogP) is 2.81. The highest BCUT2D eigenvalue weighted by molar-refractivity contribution is 7.18. The van der Waals surface area contributed by atoms with Crippen LogP contribution in [-0.2, 0) is 25.6 Å². The molecule has 1 aliphatic heterocycles. The summed E-state index contributed by atoms with van der Waals surface area (Å²) in [5, 5.41) is 0.0799. The topological polar surface area (TPSA) is 125 Å². The third kappa shape index (κ3) is 5.16. The molecule has 2 heterocycles. The quantitative estimate of drug-likeness (QED) is 0.500. The van der Waals surface area contributed by atoms with E-state index in [4.69, 9.17) is 19.9 Å². The Morgan fingerprint density at radius 1 is 1.06 bits per heavy atom. The van der Waals surface area contributed by atoms with Gasteiger partial charge in [0.15, 0.2) is 0 Å². The third-order valence-corrected chi connectivity index (χ3v) is 6.69. The number of carbonyl (C=O) groups excluding carboxylic acids is 4. The van der Waals surface area contributed by atoms with Crippen LogP contribution in [0.1, 0.15) is 54.4 Å². The number of rotatable bonds is 6. The number of ether oxygens (including phenoxy) is 3. The van der Waals surface area contributed by atoms with Gasteiger partial charge in [-0.15, -0.1) is 11.3 Å². The zero-order chi connectivity index (χ0) is 24.1. The van der Waals surface area contributed by atoms with Gasteiger partial charge in [-0.3, -0.25) is 9.59 Å². The molecular weight excluding hydrogens is 448 g/mol. The van der Waals surface area contributed by atoms with E-state index in [0.717, 1.165) is 16.9 Å². The molecule has 2 N–H and O–H groups in total. The van der Waals surface area contributed by atoms with Crippen molar-refractivity contribution in [3.63, 3.8) is 0 Å². The molecule has 1 aromatic heterocycles. The number of benzene rings is 1. The molecule has 1 aliphatic rings. The lowest BCUT2D eigenvalue weighted by Crippen LogP contribution is -2.40. The zero-order valence-corrected chi connectivity index (χ0v) is 19.5. The Morgan fingerprint density at radius 2 is 1.70 bits per heavy atom. The number of methoxy groups -OCH3 is 2. The van der Waals surface area contributed by atoms with Gasteiger partial charge in [0.1, 0.15) is 22.0 Å². The molecule has 33 heavy (non-hydrogen) atoms. The fourth-order valence-electron chi connectivity index (χ4n) is 3.77. The lowest BCUT2D eigenvalue weighted by Gasteiger charge is -2.31. The van der Waals surface area contributed by atoms with E-state index >= 15 is 0 Å². The SMILES string of the molecule is COC(=O)c1sc(N)c(C(=O)OC)c1COC(=O)C1CCN(C(=O)c2ccccc2C)CC1. The maximum absolute atomic E-state index is 12.8. The van der Waals surface area contributed by atoms with Crippen molar-refractivity contribution in [2.45, 2.75) is 26.4 Å². The van der Waals surface area contributed by atoms with Gasteiger partial charge < -0.3 is 24.8 Å². The van der Waals surface area contributed by atoms with Gasteiger partial charge in [-0.25, -0.2) is 9.59 Å². The molecule has 3 rings (SSSR count). The van der Waals surface area contributed by atoms with Gasteiger partial charge in [0, 0.05) is 24.2 Å². The average molecular weight is 475 g/mol. The van der Waals surface area contributed by atoms with Crippen LogP contribution in [0.4, 0.5) is 5.00 Å². The van der Waals surface area contributed by atoms with E-state index < -0.39 is 23.8 Å². The van der Waals surface area contributed by atoms with Crippen LogP contribution in [0.25, 0.3) is 0 Å². The summed E-state index contributed by atoms with van der Waals surface area (Å²) in [6.07, 6.45) is 0.909. The van der Waals surface area contributed by atoms with Crippen LogP contribution in [0.15, 0.2) is 24.3 Å². The molecule has 1 saturated heterocycles. The number of hydrogen-bond donors (Lipinski definition) is 1. The lowest BCUT2D eigenvalue weighted by molar-refractivity contribution is -0.151. The standard InChI is InChI=1S/C23H26N2O7S/c1-13-6-4-5-7-15(13)20(26)25-10-8-14(9-11-25)21(27)32-12-16-17(22(28)30-2)19(24)33-18(16)23(29)31-3/h4-7,14H,8-12,24H2,1-3H3. The fraction of sp³-hybridized carbons (Fsp3) is 0.391. The van der Waals surface area contributed by atoms with E-state index in [2.05, 4.69) is 0 Å². The van der Waals surface area contributed by atoms with Crippen LogP contribution in [0, 0.1) is 12.8 Å². The summed E-state index contributed by atoms with van der Waals surface area (Å²) in [7, 11) is 2.40. The Bertz CT molecular complexity index is 1070. The van der Waals surface area contributed by atoms with E-state index in [1.807, 2.05) is 25.1 Å². The Hall–Kier alpha value is -3.40. The summed E-state index contributed by atoms with van der Waals surface area (Å²) >= 11 is 0.874. The van der Waals surface area contributed by atoms with E-state index in [1.165, 1.54) is 14.2 Å². The fourth-order valence-corrected chi connectivity index (χ4v) is 4.75. The Morgan fingerprint density at radius 3 is 2.30 bits per heavy atom. The molecule has 0 atom stereocenters. The van der Waals surface area contributed by atoms with Crippen molar-refractivity contribution in [1.29, 1.82) is 0 Å². The second kappa shape index (κ2) is 10.5. The van der Waals surface area contributed by atoms with Gasteiger partial charge in [-0.2, -0.15) is 0 Å². The molecule has 0 radical (unpaired) electrons. The van der Waals surface area contributed by atoms with Crippen molar-refractivity contribution in [2.75, 3.05) is 33.0 Å². The number of carbonyl (C=O) groups is 4. The molecule has 0 unspecified atom stereocenters. The number of thiophene rings is 1. The average Bonchev–Trinajstić information content (AvgIpc) is 3.17. The summed E-state index contributed by atoms with van der Waals surface area (Å²) < 4.78 is 14.9. The van der Waals surface area contributed by atoms with Crippen LogP contribution >= 0.6 is 11.3 Å². The van der Waals surface area contributed by atoms with Crippen LogP contribution in [-0.4, -0.2) is 56.0 Å². The molecule has 10 heteroatoms. The molecule has 2 aromatic rings. The maximum Gasteiger partial charge on any atom is 0.348 e. The highest BCUT2D eigenvalue weighted by Crippen LogP contribution is 2.33. The summed E-state index contributed by atoms with van der Waals surface area (Å²) in [6, 6.07) is 7.39. The minimum atomic E-state index is -0.729. The van der Waals surface area contributed by atoms with Gasteiger partial charge in [-0.05, 0) is 31.4 Å². The minimum Gasteiger partial charge on any atom is -0.465 e. The Labute approximate surface area is 195 Å². The van der Waals surface area contributed by atoms with Crippen molar-refractivity contribution in [3.8, 4) is 0 Å². The minimum absolute atomic E-state index is 0.00523. The van der Waals surface area contributed by atoms with Crippen LogP contribution in [0.2, 0.25) is 0 Å². The second-order valence-corrected chi connectivity index (χ2v) is 8.67. The number of nitrogens with zero attached hydrogens (tertiary/aromatic N) is 1. The molecule has 0 bridgehead atoms. The molecule has 0 spiro atoms. The largest absolute Gasteiger partial charge is 0.465 e. The Kier molecular flexibility index (Phi) is 7.70. The Balaban J connectivity index is 1.64. The number of hydrogen-bond acceptors (Lipinski definition) is 9. The first-order chi connectivity index (χ1) is 15.8. The first kappa shape index (κ1) is 24.2. The van der Waals surface area contributed by atoms with Crippen LogP contribution < -0.4 is 5.73 Å². The van der Waals surface area contributed by atoms with Crippen LogP contribution in [0.5, 0.6) is 0 Å². The monoisotopic (exact) mass is 474 g/mol. The van der Waals surface area contributed by atoms with Gasteiger partial charge in [-0.1, -0.05) is 18.2 Å². The first-order valence-corrected chi connectivity index (χ1v) is 11.2. The molecule has 9 nitrogen and oxygen atoms in total. The van der Waals surface area contributed by atoms with E-state index in [0.29, 0.717) is 31.5 Å². The zero-order valence-electron chi connectivity index (χ0n) is 18.7. The second-order valence-electron chi connectivity index (χ2n) is 7.62. The summed E-state index contributed by atoms with van der Waals surface area (Å²) in [5.74, 6) is -2.33. The maximum atomic E-state index is 12.8. The molecule has 1 amide bonds. The van der Waals surface area contributed by atoms with Crippen molar-refractivity contribution in [3.05, 3.63) is 51.4 Å². The van der Waals surface area contributed by atoms with Crippen molar-refractivity contribution >= 4 is 40.2 Å². The molecule has 0 saturated carbocycles. The van der Waals surface area contributed by atoms with E-state index in [1.54, 1.807) is 11.0 Å². The number of nitrogen functional groups attached to an aromatic ring is 1. The number of likely N-dealkylation sites (tertiary alicyclic amines) is 1. The molecule has 0 aliphatic carbocycles. The normalized spacial score (nSPS) is 14.0. The number of aryl methyl sites for hydroxylation is 1. The third-order valence-electron chi connectivity index (χ3n) is 5.64. The number of anilines is 1. The summed E-state index contributed by atoms with van der Waals surface area (Å²) in [6.45, 7) is 2.43. The highest BCUT2D eigenvalue weighted by atomic mass is 32.1. The highest BCUT2D eigenvalue weighted by Gasteiger charge is 2.31. The number of amides is 1. The van der Waals surface area contributed by atoms with Gasteiger partial charge in [0.2, 0.25) is 0 Å². The molecule has 1 fully saturated rings. The van der Waals surface area contributed by atoms with E-state index in [9.17, 15) is 19.2 Å². The molecule has 176 valence electrons. The number of nitrogens with two attached hydrogens (primary N) is 1. The van der Waals surface area contributed by atoms with Gasteiger partial charge in [0.25, 0.3) is 5.91 Å². The van der Waals surface area contributed by atoms with E-state index in [-0.39, 0.29) is 33.5 Å².